The Hall–Kier alpha value is -4.72. The number of fused-ring (bicyclic) bond motifs is 2. The van der Waals surface area contributed by atoms with Crippen molar-refractivity contribution in [2.75, 3.05) is 14.2 Å². The van der Waals surface area contributed by atoms with E-state index in [4.69, 9.17) is 19.9 Å². The van der Waals surface area contributed by atoms with E-state index >= 15 is 0 Å². The maximum Gasteiger partial charge on any atom is 0.405 e. The first kappa shape index (κ1) is 36.7. The third-order valence-electron chi connectivity index (χ3n) is 7.93. The zero-order valence-electron chi connectivity index (χ0n) is 27.3. The summed E-state index contributed by atoms with van der Waals surface area (Å²) in [6, 6.07) is 4.71. The van der Waals surface area contributed by atoms with Gasteiger partial charge in [-0.25, -0.2) is 4.79 Å². The Kier molecular flexibility index (Phi) is 13.1. The molecule has 13 nitrogen and oxygen atoms in total. The molecular formula is C34H42N4O9. The first-order valence-corrected chi connectivity index (χ1v) is 15.1. The number of pyridine rings is 1. The number of primary amides is 1. The van der Waals surface area contributed by atoms with E-state index in [1.807, 2.05) is 6.92 Å². The van der Waals surface area contributed by atoms with E-state index in [9.17, 15) is 29.1 Å². The SMILES string of the molecule is COC1/C=C\C=C(/C)C(=O)NC2=CC(=O)C(NC(=O)c3ccccn3)=C(CC(C)CC(OC)C(O)C(C)/C=C(\C)C1OC(N)=O)C2=O. The normalized spacial score (nSPS) is 29.4. The number of hydrogen-bond donors (Lipinski definition) is 4. The van der Waals surface area contributed by atoms with Crippen molar-refractivity contribution in [3.05, 3.63) is 88.6 Å². The first-order valence-electron chi connectivity index (χ1n) is 15.1. The highest BCUT2D eigenvalue weighted by Gasteiger charge is 2.34. The Balaban J connectivity index is 2.09. The number of aliphatic hydroxyl groups excluding tert-OH is 1. The summed E-state index contributed by atoms with van der Waals surface area (Å²) in [5.74, 6) is -3.52. The van der Waals surface area contributed by atoms with Crippen LogP contribution < -0.4 is 16.4 Å². The lowest BCUT2D eigenvalue weighted by Crippen LogP contribution is -2.38. The van der Waals surface area contributed by atoms with Gasteiger partial charge < -0.3 is 35.7 Å². The van der Waals surface area contributed by atoms with Crippen molar-refractivity contribution in [2.45, 2.75) is 65.0 Å². The summed E-state index contributed by atoms with van der Waals surface area (Å²) in [5, 5.41) is 16.4. The molecule has 0 saturated carbocycles. The molecule has 3 rings (SSSR count). The van der Waals surface area contributed by atoms with E-state index in [1.54, 1.807) is 38.1 Å². The molecule has 6 atom stereocenters. The molecule has 5 N–H and O–H groups in total. The van der Waals surface area contributed by atoms with Crippen molar-refractivity contribution in [1.29, 1.82) is 0 Å². The average Bonchev–Trinajstić information content (AvgIpc) is 3.04. The number of carbonyl (C=O) groups is 5. The van der Waals surface area contributed by atoms with Gasteiger partial charge in [-0.2, -0.15) is 0 Å². The number of nitrogens with one attached hydrogen (secondary N) is 2. The number of nitrogens with two attached hydrogens (primary N) is 1. The highest BCUT2D eigenvalue weighted by molar-refractivity contribution is 6.24. The molecule has 1 aromatic heterocycles. The molecule has 3 amide bonds. The van der Waals surface area contributed by atoms with Crippen LogP contribution in [-0.2, 0) is 28.6 Å². The molecule has 0 fully saturated rings. The summed E-state index contributed by atoms with van der Waals surface area (Å²) < 4.78 is 16.6. The van der Waals surface area contributed by atoms with Crippen LogP contribution in [0.25, 0.3) is 0 Å². The number of aromatic nitrogens is 1. The van der Waals surface area contributed by atoms with Crippen LogP contribution in [-0.4, -0.2) is 78.2 Å². The van der Waals surface area contributed by atoms with Crippen molar-refractivity contribution in [3.63, 3.8) is 0 Å². The maximum absolute atomic E-state index is 13.8. The van der Waals surface area contributed by atoms with Crippen LogP contribution in [0.15, 0.2) is 82.9 Å². The van der Waals surface area contributed by atoms with Gasteiger partial charge in [-0.15, -0.1) is 0 Å². The number of Topliss-reactive ketones (excluding diaryl/α,β-unsaturated/α-hetero) is 1. The molecule has 2 bridgehead atoms. The van der Waals surface area contributed by atoms with Gasteiger partial charge in [0.1, 0.15) is 11.8 Å². The van der Waals surface area contributed by atoms with Crippen LogP contribution in [0.2, 0.25) is 0 Å². The van der Waals surface area contributed by atoms with Gasteiger partial charge in [0.15, 0.2) is 6.10 Å². The molecule has 2 aliphatic rings. The van der Waals surface area contributed by atoms with Crippen LogP contribution in [0.3, 0.4) is 0 Å². The summed E-state index contributed by atoms with van der Waals surface area (Å²) >= 11 is 0. The lowest BCUT2D eigenvalue weighted by Gasteiger charge is -2.30. The van der Waals surface area contributed by atoms with E-state index in [0.29, 0.717) is 5.57 Å². The van der Waals surface area contributed by atoms with Crippen LogP contribution in [0.4, 0.5) is 4.79 Å². The van der Waals surface area contributed by atoms with Gasteiger partial charge in [-0.05, 0) is 50.3 Å². The Labute approximate surface area is 273 Å². The monoisotopic (exact) mass is 650 g/mol. The van der Waals surface area contributed by atoms with Crippen molar-refractivity contribution < 1.29 is 43.3 Å². The Bertz CT molecular complexity index is 1530. The summed E-state index contributed by atoms with van der Waals surface area (Å²) in [4.78, 5) is 69.0. The molecule has 1 aliphatic heterocycles. The Morgan fingerprint density at radius 3 is 2.45 bits per heavy atom. The van der Waals surface area contributed by atoms with E-state index in [1.165, 1.54) is 45.6 Å². The molecule has 47 heavy (non-hydrogen) atoms. The van der Waals surface area contributed by atoms with Gasteiger partial charge in [0.25, 0.3) is 11.8 Å². The molecule has 2 heterocycles. The fourth-order valence-electron chi connectivity index (χ4n) is 5.40. The quantitative estimate of drug-likeness (QED) is 0.272. The van der Waals surface area contributed by atoms with Crippen molar-refractivity contribution in [1.82, 2.24) is 15.6 Å². The number of rotatable bonds is 5. The molecule has 0 aromatic carbocycles. The Morgan fingerprint density at radius 2 is 1.83 bits per heavy atom. The second-order valence-corrected chi connectivity index (χ2v) is 11.6. The van der Waals surface area contributed by atoms with Gasteiger partial charge in [-0.1, -0.05) is 44.2 Å². The minimum absolute atomic E-state index is 0.00699. The number of amides is 3. The van der Waals surface area contributed by atoms with Gasteiger partial charge in [0.2, 0.25) is 11.6 Å². The van der Waals surface area contributed by atoms with Crippen LogP contribution in [0.1, 0.15) is 51.0 Å². The van der Waals surface area contributed by atoms with Crippen LogP contribution in [0, 0.1) is 11.8 Å². The van der Waals surface area contributed by atoms with Gasteiger partial charge in [0.05, 0.1) is 23.6 Å². The van der Waals surface area contributed by atoms with Gasteiger partial charge in [-0.3, -0.25) is 24.2 Å². The standard InChI is InChI=1S/C34H42N4O9/c1-18-14-22-28(38-33(43)23-11-7-8-13-36-23)25(39)17-24(30(22)41)37-32(42)19(2)10-9-12-26(45-5)31(47-34(35)44)21(4)16-20(3)29(40)27(15-18)46-6/h7-13,16-18,20,26-27,29,31,40H,14-15H2,1-6H3,(H2,35,44)(H,37,42)(H,38,43)/b12-9-,19-10+,21-16+. The molecule has 13 heteroatoms. The number of ketones is 2. The molecular weight excluding hydrogens is 608 g/mol. The third-order valence-corrected chi connectivity index (χ3v) is 7.93. The smallest absolute Gasteiger partial charge is 0.405 e. The van der Waals surface area contributed by atoms with Crippen LogP contribution >= 0.6 is 0 Å². The molecule has 6 unspecified atom stereocenters. The number of hydrogen-bond acceptors (Lipinski definition) is 10. The number of methoxy groups -OCH3 is 2. The van der Waals surface area contributed by atoms with Crippen molar-refractivity contribution in [2.24, 2.45) is 17.6 Å². The second-order valence-electron chi connectivity index (χ2n) is 11.6. The summed E-state index contributed by atoms with van der Waals surface area (Å²) in [5.41, 5.74) is 5.64. The van der Waals surface area contributed by atoms with E-state index in [-0.39, 0.29) is 47.0 Å². The lowest BCUT2D eigenvalue weighted by molar-refractivity contribution is -0.120. The Morgan fingerprint density at radius 1 is 1.11 bits per heavy atom. The largest absolute Gasteiger partial charge is 0.439 e. The predicted octanol–water partition coefficient (Wildman–Crippen LogP) is 2.59. The highest BCUT2D eigenvalue weighted by atomic mass is 16.6. The number of allylic oxidation sites excluding steroid dienone is 4. The first-order chi connectivity index (χ1) is 22.3. The zero-order valence-corrected chi connectivity index (χ0v) is 27.3. The van der Waals surface area contributed by atoms with Crippen LogP contribution in [0.5, 0.6) is 0 Å². The summed E-state index contributed by atoms with van der Waals surface area (Å²) in [6.45, 7) is 6.80. The van der Waals surface area contributed by atoms with Crippen molar-refractivity contribution in [3.8, 4) is 0 Å². The zero-order chi connectivity index (χ0) is 34.8. The highest BCUT2D eigenvalue weighted by Crippen LogP contribution is 2.29. The van der Waals surface area contributed by atoms with Crippen molar-refractivity contribution >= 4 is 29.5 Å². The molecule has 0 spiro atoms. The summed E-state index contributed by atoms with van der Waals surface area (Å²) in [6.07, 6.45) is 4.36. The average molecular weight is 651 g/mol. The lowest BCUT2D eigenvalue weighted by atomic mass is 9.85. The predicted molar refractivity (Wildman–Crippen MR) is 171 cm³/mol. The molecule has 252 valence electrons. The van der Waals surface area contributed by atoms with E-state index in [2.05, 4.69) is 15.6 Å². The third kappa shape index (κ3) is 9.64. The maximum atomic E-state index is 13.8. The fraction of sp³-hybridized carbons (Fsp3) is 0.412. The number of aliphatic hydroxyl groups is 1. The molecule has 0 saturated heterocycles. The molecule has 1 aliphatic carbocycles. The topological polar surface area (TPSA) is 196 Å². The summed E-state index contributed by atoms with van der Waals surface area (Å²) in [7, 11) is 2.86. The number of ether oxygens (including phenoxy) is 3. The minimum atomic E-state index is -1.04. The fourth-order valence-corrected chi connectivity index (χ4v) is 5.40. The molecule has 0 radical (unpaired) electrons. The van der Waals surface area contributed by atoms with E-state index < -0.39 is 59.8 Å². The van der Waals surface area contributed by atoms with Gasteiger partial charge >= 0.3 is 6.09 Å². The molecule has 1 aromatic rings. The second kappa shape index (κ2) is 16.7. The van der Waals surface area contributed by atoms with E-state index in [0.717, 1.165) is 6.08 Å². The minimum Gasteiger partial charge on any atom is -0.439 e. The van der Waals surface area contributed by atoms with Gasteiger partial charge in [0, 0.05) is 43.6 Å². The number of carbonyl (C=O) groups excluding carboxylic acids is 5. The number of nitrogens with zero attached hydrogens (tertiary/aromatic N) is 1.